The van der Waals surface area contributed by atoms with Crippen LogP contribution in [0.5, 0.6) is 5.75 Å². The molecule has 3 aromatic carbocycles. The Morgan fingerprint density at radius 3 is 2.42 bits per heavy atom. The highest BCUT2D eigenvalue weighted by Gasteiger charge is 2.34. The number of fused-ring (bicyclic) bond motifs is 3. The van der Waals surface area contributed by atoms with Crippen molar-refractivity contribution in [2.45, 2.75) is 6.18 Å². The number of methoxy groups -OCH3 is 1. The number of hydrogen-bond donors (Lipinski definition) is 2. The van der Waals surface area contributed by atoms with Crippen molar-refractivity contribution in [2.75, 3.05) is 33.4 Å². The highest BCUT2D eigenvalue weighted by Crippen LogP contribution is 2.40. The van der Waals surface area contributed by atoms with Gasteiger partial charge in [-0.05, 0) is 47.5 Å². The maximum Gasteiger partial charge on any atom is 0.419 e. The molecule has 1 fully saturated rings. The molecule has 0 atom stereocenters. The molecular weight excluding hydrogens is 475 g/mol. The first kappa shape index (κ1) is 23.7. The number of carbonyl (C=O) groups is 2. The number of hydrogen-bond acceptors (Lipinski definition) is 4. The lowest BCUT2D eigenvalue weighted by molar-refractivity contribution is -0.138. The zero-order valence-electron chi connectivity index (χ0n) is 19.2. The number of halogens is 3. The van der Waals surface area contributed by atoms with Gasteiger partial charge in [0.2, 0.25) is 0 Å². The van der Waals surface area contributed by atoms with E-state index >= 15 is 0 Å². The van der Waals surface area contributed by atoms with Gasteiger partial charge < -0.3 is 25.1 Å². The third-order valence-corrected chi connectivity index (χ3v) is 6.36. The van der Waals surface area contributed by atoms with Crippen LogP contribution in [0.2, 0.25) is 0 Å². The summed E-state index contributed by atoms with van der Waals surface area (Å²) in [7, 11) is 1.17. The Balaban J connectivity index is 1.65. The fourth-order valence-electron chi connectivity index (χ4n) is 4.56. The molecule has 7 nitrogen and oxygen atoms in total. The van der Waals surface area contributed by atoms with Crippen LogP contribution in [0.4, 0.5) is 13.2 Å². The highest BCUT2D eigenvalue weighted by molar-refractivity contribution is 6.17. The number of nitrogens with two attached hydrogens (primary N) is 1. The van der Waals surface area contributed by atoms with Crippen molar-refractivity contribution in [3.05, 3.63) is 65.2 Å². The van der Waals surface area contributed by atoms with Gasteiger partial charge >= 0.3 is 6.18 Å². The molecule has 10 heteroatoms. The van der Waals surface area contributed by atoms with Gasteiger partial charge in [0, 0.05) is 34.9 Å². The molecule has 5 rings (SSSR count). The van der Waals surface area contributed by atoms with E-state index in [9.17, 15) is 22.8 Å². The molecule has 186 valence electrons. The average Bonchev–Trinajstić information content (AvgIpc) is 3.25. The molecule has 0 aliphatic carbocycles. The van der Waals surface area contributed by atoms with Crippen LogP contribution in [0.1, 0.15) is 26.3 Å². The maximum atomic E-state index is 13.6. The molecule has 3 N–H and O–H groups in total. The molecule has 0 spiro atoms. The largest absolute Gasteiger partial charge is 0.496 e. The zero-order valence-corrected chi connectivity index (χ0v) is 19.2. The number of nitrogens with zero attached hydrogens (tertiary/aromatic N) is 1. The van der Waals surface area contributed by atoms with E-state index in [0.29, 0.717) is 59.2 Å². The van der Waals surface area contributed by atoms with E-state index in [1.807, 2.05) is 0 Å². The molecular formula is C26H22F3N3O4. The monoisotopic (exact) mass is 497 g/mol. The van der Waals surface area contributed by atoms with Gasteiger partial charge in [-0.2, -0.15) is 13.2 Å². The van der Waals surface area contributed by atoms with Gasteiger partial charge in [-0.25, -0.2) is 0 Å². The molecule has 1 aliphatic rings. The first-order valence-electron chi connectivity index (χ1n) is 11.2. The number of amides is 2. The first-order chi connectivity index (χ1) is 17.2. The van der Waals surface area contributed by atoms with Crippen molar-refractivity contribution < 1.29 is 32.2 Å². The molecule has 1 aromatic heterocycles. The summed E-state index contributed by atoms with van der Waals surface area (Å²) in [6.45, 7) is 1.96. The SMILES string of the molecule is COc1ccc(-c2cc(C(N)=O)c3[nH]c4cc(C(=O)N5CCOCC5)ccc4c3c2)cc1C(F)(F)F. The Labute approximate surface area is 203 Å². The molecule has 36 heavy (non-hydrogen) atoms. The summed E-state index contributed by atoms with van der Waals surface area (Å²) in [5.41, 5.74) is 7.01. The molecule has 0 saturated carbocycles. The van der Waals surface area contributed by atoms with Gasteiger partial charge in [-0.1, -0.05) is 12.1 Å². The Morgan fingerprint density at radius 2 is 1.75 bits per heavy atom. The van der Waals surface area contributed by atoms with Gasteiger partial charge in [0.05, 0.1) is 37.0 Å². The molecule has 0 radical (unpaired) electrons. The summed E-state index contributed by atoms with van der Waals surface area (Å²) in [4.78, 5) is 30.1. The number of aromatic amines is 1. The minimum absolute atomic E-state index is 0.129. The average molecular weight is 497 g/mol. The van der Waals surface area contributed by atoms with Gasteiger partial charge in [0.15, 0.2) is 0 Å². The van der Waals surface area contributed by atoms with Crippen LogP contribution in [0.15, 0.2) is 48.5 Å². The van der Waals surface area contributed by atoms with E-state index in [1.54, 1.807) is 29.2 Å². The van der Waals surface area contributed by atoms with Crippen molar-refractivity contribution in [3.63, 3.8) is 0 Å². The van der Waals surface area contributed by atoms with Gasteiger partial charge in [-0.15, -0.1) is 0 Å². The number of H-pyrrole nitrogens is 1. The molecule has 2 amide bonds. The van der Waals surface area contributed by atoms with Crippen molar-refractivity contribution >= 4 is 33.6 Å². The Hall–Kier alpha value is -4.05. The second-order valence-electron chi connectivity index (χ2n) is 8.51. The second kappa shape index (κ2) is 8.87. The second-order valence-corrected chi connectivity index (χ2v) is 8.51. The molecule has 1 saturated heterocycles. The number of primary amides is 1. The number of aromatic nitrogens is 1. The van der Waals surface area contributed by atoms with E-state index in [1.165, 1.54) is 25.3 Å². The molecule has 1 aliphatic heterocycles. The molecule has 2 heterocycles. The van der Waals surface area contributed by atoms with Crippen LogP contribution in [-0.2, 0) is 10.9 Å². The first-order valence-corrected chi connectivity index (χ1v) is 11.2. The smallest absolute Gasteiger partial charge is 0.419 e. The van der Waals surface area contributed by atoms with Crippen LogP contribution in [0.25, 0.3) is 32.9 Å². The quantitative estimate of drug-likeness (QED) is 0.431. The number of benzene rings is 3. The summed E-state index contributed by atoms with van der Waals surface area (Å²) in [6.07, 6.45) is -4.62. The number of morpholine rings is 1. The van der Waals surface area contributed by atoms with Crippen LogP contribution >= 0.6 is 0 Å². The lowest BCUT2D eigenvalue weighted by Crippen LogP contribution is -2.40. The molecule has 0 bridgehead atoms. The van der Waals surface area contributed by atoms with E-state index in [-0.39, 0.29) is 22.8 Å². The lowest BCUT2D eigenvalue weighted by atomic mass is 9.97. The lowest BCUT2D eigenvalue weighted by Gasteiger charge is -2.26. The third-order valence-electron chi connectivity index (χ3n) is 6.36. The fraction of sp³-hybridized carbons (Fsp3) is 0.231. The van der Waals surface area contributed by atoms with Crippen LogP contribution in [0, 0.1) is 0 Å². The minimum Gasteiger partial charge on any atom is -0.496 e. The molecule has 0 unspecified atom stereocenters. The predicted molar refractivity (Wildman–Crippen MR) is 128 cm³/mol. The summed E-state index contributed by atoms with van der Waals surface area (Å²) >= 11 is 0. The Morgan fingerprint density at radius 1 is 1.00 bits per heavy atom. The van der Waals surface area contributed by atoms with Gasteiger partial charge in [-0.3, -0.25) is 9.59 Å². The normalized spacial score (nSPS) is 14.4. The standard InChI is InChI=1S/C26H22F3N3O4/c1-35-22-5-3-14(12-20(22)26(27,28)29)16-10-18-17-4-2-15(25(34)32-6-8-36-9-7-32)13-21(17)31-23(18)19(11-16)24(30)33/h2-5,10-13,31H,6-9H2,1H3,(H2,30,33). The van der Waals surface area contributed by atoms with Crippen molar-refractivity contribution in [2.24, 2.45) is 5.73 Å². The van der Waals surface area contributed by atoms with Crippen LogP contribution in [-0.4, -0.2) is 55.1 Å². The summed E-state index contributed by atoms with van der Waals surface area (Å²) in [5.74, 6) is -1.16. The summed E-state index contributed by atoms with van der Waals surface area (Å²) in [6, 6.07) is 12.0. The van der Waals surface area contributed by atoms with E-state index in [0.717, 1.165) is 6.07 Å². The van der Waals surface area contributed by atoms with Crippen molar-refractivity contribution in [3.8, 4) is 16.9 Å². The third kappa shape index (κ3) is 4.13. The number of ether oxygens (including phenoxy) is 2. The molecule has 4 aromatic rings. The Bertz CT molecular complexity index is 1500. The van der Waals surface area contributed by atoms with Crippen molar-refractivity contribution in [1.82, 2.24) is 9.88 Å². The number of rotatable bonds is 4. The maximum absolute atomic E-state index is 13.6. The van der Waals surface area contributed by atoms with Crippen LogP contribution < -0.4 is 10.5 Å². The topological polar surface area (TPSA) is 97.7 Å². The van der Waals surface area contributed by atoms with Crippen molar-refractivity contribution in [1.29, 1.82) is 0 Å². The highest BCUT2D eigenvalue weighted by atomic mass is 19.4. The number of carbonyl (C=O) groups excluding carboxylic acids is 2. The van der Waals surface area contributed by atoms with Gasteiger partial charge in [0.25, 0.3) is 11.8 Å². The van der Waals surface area contributed by atoms with E-state index in [2.05, 4.69) is 4.98 Å². The number of nitrogens with one attached hydrogen (secondary N) is 1. The summed E-state index contributed by atoms with van der Waals surface area (Å²) in [5, 5.41) is 1.31. The summed E-state index contributed by atoms with van der Waals surface area (Å²) < 4.78 is 51.0. The predicted octanol–water partition coefficient (Wildman–Crippen LogP) is 4.59. The minimum atomic E-state index is -4.62. The van der Waals surface area contributed by atoms with E-state index in [4.69, 9.17) is 15.2 Å². The number of alkyl halides is 3. The van der Waals surface area contributed by atoms with Gasteiger partial charge in [0.1, 0.15) is 5.75 Å². The van der Waals surface area contributed by atoms with Crippen LogP contribution in [0.3, 0.4) is 0 Å². The van der Waals surface area contributed by atoms with E-state index < -0.39 is 17.6 Å². The zero-order chi connectivity index (χ0) is 25.6. The Kier molecular flexibility index (Phi) is 5.83. The fourth-order valence-corrected chi connectivity index (χ4v) is 4.56.